The highest BCUT2D eigenvalue weighted by Gasteiger charge is 2.25. The van der Waals surface area contributed by atoms with Crippen LogP contribution < -0.4 is 11.5 Å². The zero-order chi connectivity index (χ0) is 24.4. The van der Waals surface area contributed by atoms with Crippen LogP contribution in [0.4, 0.5) is 0 Å². The minimum Gasteiger partial charge on any atom is -0.386 e. The van der Waals surface area contributed by atoms with E-state index >= 15 is 0 Å². The van der Waals surface area contributed by atoms with Crippen molar-refractivity contribution in [2.45, 2.75) is 38.8 Å². The quantitative estimate of drug-likeness (QED) is 0.147. The SMILES string of the molecule is CC(C)(/N=N/C(C)(C)C(=N)N)C(=N)N.Cl.Cl.O=C(OOC(=O)c1ccccc1)c1ccccc1. The average Bonchev–Trinajstić information content (AvgIpc) is 2.77. The molecule has 34 heavy (non-hydrogen) atoms. The maximum atomic E-state index is 11.5. The molecule has 0 aliphatic carbocycles. The first-order valence-electron chi connectivity index (χ1n) is 9.53. The second-order valence-corrected chi connectivity index (χ2v) is 7.62. The molecule has 12 heteroatoms. The van der Waals surface area contributed by atoms with E-state index in [4.69, 9.17) is 22.3 Å². The van der Waals surface area contributed by atoms with Gasteiger partial charge in [-0.3, -0.25) is 10.8 Å². The number of nitrogens with one attached hydrogen (secondary N) is 2. The summed E-state index contributed by atoms with van der Waals surface area (Å²) < 4.78 is 0. The molecule has 0 aliphatic rings. The lowest BCUT2D eigenvalue weighted by molar-refractivity contribution is -0.187. The Kier molecular flexibility index (Phi) is 14.0. The van der Waals surface area contributed by atoms with Crippen molar-refractivity contribution in [2.75, 3.05) is 0 Å². The number of carbonyl (C=O) groups excluding carboxylic acids is 2. The van der Waals surface area contributed by atoms with E-state index in [1.165, 1.54) is 0 Å². The molecule has 10 nitrogen and oxygen atoms in total. The first kappa shape index (κ1) is 32.7. The zero-order valence-electron chi connectivity index (χ0n) is 19.3. The number of carbonyl (C=O) groups is 2. The van der Waals surface area contributed by atoms with Crippen LogP contribution in [-0.4, -0.2) is 34.7 Å². The molecule has 0 fully saturated rings. The molecule has 2 rings (SSSR count). The highest BCUT2D eigenvalue weighted by atomic mass is 35.5. The first-order valence-corrected chi connectivity index (χ1v) is 9.53. The maximum Gasteiger partial charge on any atom is 0.386 e. The fraction of sp³-hybridized carbons (Fsp3) is 0.273. The molecule has 0 amide bonds. The standard InChI is InChI=1S/C14H10O4.C8H18N6.2ClH/c15-13(11-7-3-1-4-8-11)17-18-14(16)12-9-5-2-6-10-12;1-7(2,5(9)10)13-14-8(3,4)6(11)12;;/h1-10H;1-4H3,(H3,9,10)(H3,11,12);2*1H/b;14-13+;;. The van der Waals surface area contributed by atoms with Crippen molar-refractivity contribution >= 4 is 48.4 Å². The van der Waals surface area contributed by atoms with Gasteiger partial charge in [-0.2, -0.15) is 10.2 Å². The monoisotopic (exact) mass is 512 g/mol. The lowest BCUT2D eigenvalue weighted by atomic mass is 10.1. The Balaban J connectivity index is 0. The highest BCUT2D eigenvalue weighted by Crippen LogP contribution is 2.15. The topological polar surface area (TPSA) is 177 Å². The van der Waals surface area contributed by atoms with Gasteiger partial charge in [0.2, 0.25) is 0 Å². The molecule has 2 aromatic rings. The van der Waals surface area contributed by atoms with Crippen LogP contribution >= 0.6 is 24.8 Å². The van der Waals surface area contributed by atoms with Crippen LogP contribution in [-0.2, 0) is 9.78 Å². The number of nitrogens with two attached hydrogens (primary N) is 2. The average molecular weight is 513 g/mol. The number of rotatable bonds is 6. The van der Waals surface area contributed by atoms with Crippen LogP contribution in [0.5, 0.6) is 0 Å². The molecular weight excluding hydrogens is 483 g/mol. The summed E-state index contributed by atoms with van der Waals surface area (Å²) in [5.74, 6) is -1.55. The number of halogens is 2. The largest absolute Gasteiger partial charge is 0.386 e. The normalized spacial score (nSPS) is 10.5. The van der Waals surface area contributed by atoms with Gasteiger partial charge in [0.05, 0.1) is 11.1 Å². The van der Waals surface area contributed by atoms with E-state index in [2.05, 4.69) is 20.0 Å². The van der Waals surface area contributed by atoms with Crippen LogP contribution in [0.3, 0.4) is 0 Å². The van der Waals surface area contributed by atoms with Crippen LogP contribution in [0.2, 0.25) is 0 Å². The summed E-state index contributed by atoms with van der Waals surface area (Å²) in [5.41, 5.74) is 9.60. The van der Waals surface area contributed by atoms with Crippen molar-refractivity contribution in [2.24, 2.45) is 21.7 Å². The van der Waals surface area contributed by atoms with E-state index in [9.17, 15) is 9.59 Å². The summed E-state index contributed by atoms with van der Waals surface area (Å²) in [7, 11) is 0. The first-order chi connectivity index (χ1) is 14.9. The Bertz CT molecular complexity index is 904. The molecule has 0 saturated carbocycles. The molecule has 0 spiro atoms. The van der Waals surface area contributed by atoms with E-state index in [1.807, 2.05) is 0 Å². The molecule has 0 bridgehead atoms. The maximum absolute atomic E-state index is 11.5. The van der Waals surface area contributed by atoms with E-state index in [-0.39, 0.29) is 36.5 Å². The van der Waals surface area contributed by atoms with E-state index < -0.39 is 23.0 Å². The van der Waals surface area contributed by atoms with E-state index in [0.29, 0.717) is 11.1 Å². The number of amidine groups is 2. The third-order valence-electron chi connectivity index (χ3n) is 4.08. The minimum atomic E-state index is -0.841. The molecular formula is C22H30Cl2N6O4. The summed E-state index contributed by atoms with van der Waals surface area (Å²) in [6.45, 7) is 6.70. The van der Waals surface area contributed by atoms with Crippen molar-refractivity contribution in [3.63, 3.8) is 0 Å². The molecule has 0 atom stereocenters. The van der Waals surface area contributed by atoms with Gasteiger partial charge in [-0.1, -0.05) is 36.4 Å². The summed E-state index contributed by atoms with van der Waals surface area (Å²) in [4.78, 5) is 31.9. The molecule has 186 valence electrons. The van der Waals surface area contributed by atoms with Crippen LogP contribution in [0.25, 0.3) is 0 Å². The van der Waals surface area contributed by atoms with Gasteiger partial charge < -0.3 is 11.5 Å². The van der Waals surface area contributed by atoms with Crippen molar-refractivity contribution in [1.82, 2.24) is 0 Å². The van der Waals surface area contributed by atoms with Gasteiger partial charge >= 0.3 is 11.9 Å². The third kappa shape index (κ3) is 10.9. The van der Waals surface area contributed by atoms with Gasteiger partial charge in [0, 0.05) is 0 Å². The Morgan fingerprint density at radius 3 is 1.18 bits per heavy atom. The predicted octanol–water partition coefficient (Wildman–Crippen LogP) is 4.33. The van der Waals surface area contributed by atoms with Gasteiger partial charge in [0.25, 0.3) is 0 Å². The third-order valence-corrected chi connectivity index (χ3v) is 4.08. The van der Waals surface area contributed by atoms with Gasteiger partial charge in [-0.05, 0) is 52.0 Å². The highest BCUT2D eigenvalue weighted by molar-refractivity contribution is 5.92. The second kappa shape index (κ2) is 14.6. The Morgan fingerprint density at radius 2 is 0.941 bits per heavy atom. The summed E-state index contributed by atoms with van der Waals surface area (Å²) in [6.07, 6.45) is 0. The summed E-state index contributed by atoms with van der Waals surface area (Å²) >= 11 is 0. The second-order valence-electron chi connectivity index (χ2n) is 7.62. The Morgan fingerprint density at radius 1 is 0.676 bits per heavy atom. The zero-order valence-corrected chi connectivity index (χ0v) is 20.9. The number of nitrogens with zero attached hydrogens (tertiary/aromatic N) is 2. The molecule has 0 aliphatic heterocycles. The number of hydrogen-bond donors (Lipinski definition) is 4. The van der Waals surface area contributed by atoms with Crippen LogP contribution in [0, 0.1) is 10.8 Å². The fourth-order valence-electron chi connectivity index (χ4n) is 1.68. The molecule has 0 saturated heterocycles. The van der Waals surface area contributed by atoms with Gasteiger partial charge in [0.1, 0.15) is 22.7 Å². The van der Waals surface area contributed by atoms with Crippen LogP contribution in [0.1, 0.15) is 48.4 Å². The fourth-order valence-corrected chi connectivity index (χ4v) is 1.68. The van der Waals surface area contributed by atoms with Gasteiger partial charge in [-0.15, -0.1) is 24.8 Å². The number of azo groups is 1. The van der Waals surface area contributed by atoms with Crippen molar-refractivity contribution in [3.05, 3.63) is 71.8 Å². The van der Waals surface area contributed by atoms with Gasteiger partial charge in [0.15, 0.2) is 0 Å². The molecule has 0 radical (unpaired) electrons. The Labute approximate surface area is 210 Å². The van der Waals surface area contributed by atoms with Gasteiger partial charge in [-0.25, -0.2) is 19.4 Å². The predicted molar refractivity (Wildman–Crippen MR) is 135 cm³/mol. The minimum absolute atomic E-state index is 0. The number of hydrogen-bond acceptors (Lipinski definition) is 8. The van der Waals surface area contributed by atoms with Crippen LogP contribution in [0.15, 0.2) is 70.9 Å². The van der Waals surface area contributed by atoms with E-state index in [1.54, 1.807) is 88.4 Å². The Hall–Kier alpha value is -3.50. The molecule has 6 N–H and O–H groups in total. The summed E-state index contributed by atoms with van der Waals surface area (Å²) in [5, 5.41) is 22.3. The van der Waals surface area contributed by atoms with Crippen molar-refractivity contribution < 1.29 is 19.4 Å². The molecule has 2 aromatic carbocycles. The lowest BCUT2D eigenvalue weighted by Gasteiger charge is -2.20. The summed E-state index contributed by atoms with van der Waals surface area (Å²) in [6, 6.07) is 16.6. The molecule has 0 unspecified atom stereocenters. The lowest BCUT2D eigenvalue weighted by Crippen LogP contribution is -2.38. The van der Waals surface area contributed by atoms with Crippen molar-refractivity contribution in [1.29, 1.82) is 10.8 Å². The van der Waals surface area contributed by atoms with E-state index in [0.717, 1.165) is 0 Å². The molecule has 0 heterocycles. The molecule has 0 aromatic heterocycles. The van der Waals surface area contributed by atoms with Crippen molar-refractivity contribution in [3.8, 4) is 0 Å². The number of benzene rings is 2. The smallest absolute Gasteiger partial charge is 0.386 e.